The molecule has 0 radical (unpaired) electrons. The molecule has 11 nitrogen and oxygen atoms in total. The molecule has 1 fully saturated rings. The Morgan fingerprint density at radius 1 is 1.11 bits per heavy atom. The normalized spacial score (nSPS) is 14.4. The minimum Gasteiger partial charge on any atom is -0.497 e. The highest BCUT2D eigenvalue weighted by Gasteiger charge is 2.23. The fourth-order valence-electron chi connectivity index (χ4n) is 4.21. The Balaban J connectivity index is 1.15. The molecule has 0 N–H and O–H groups in total. The Kier molecular flexibility index (Phi) is 6.15. The first-order chi connectivity index (χ1) is 17.0. The number of ether oxygens (including phenoxy) is 1. The van der Waals surface area contributed by atoms with Crippen molar-refractivity contribution in [2.45, 2.75) is 13.1 Å². The third-order valence-electron chi connectivity index (χ3n) is 6.17. The molecule has 0 atom stereocenters. The summed E-state index contributed by atoms with van der Waals surface area (Å²) in [5, 5.41) is 15.8. The summed E-state index contributed by atoms with van der Waals surface area (Å²) in [5.74, 6) is 1.84. The third kappa shape index (κ3) is 4.85. The van der Waals surface area contributed by atoms with Crippen molar-refractivity contribution >= 4 is 22.5 Å². The summed E-state index contributed by atoms with van der Waals surface area (Å²) in [5.41, 5.74) is 1.69. The first-order valence-corrected chi connectivity index (χ1v) is 11.2. The fraction of sp³-hybridized carbons (Fsp3) is 0.292. The quantitative estimate of drug-likeness (QED) is 0.295. The maximum Gasteiger partial charge on any atom is 0.270 e. The lowest BCUT2D eigenvalue weighted by molar-refractivity contribution is -0.384. The lowest BCUT2D eigenvalue weighted by Gasteiger charge is -2.34. The predicted molar refractivity (Wildman–Crippen MR) is 127 cm³/mol. The molecule has 1 amide bonds. The van der Waals surface area contributed by atoms with E-state index < -0.39 is 4.92 Å². The number of benzene rings is 2. The van der Waals surface area contributed by atoms with Crippen LogP contribution in [0.5, 0.6) is 5.75 Å². The van der Waals surface area contributed by atoms with Crippen molar-refractivity contribution in [2.24, 2.45) is 0 Å². The van der Waals surface area contributed by atoms with Crippen LogP contribution >= 0.6 is 0 Å². The van der Waals surface area contributed by atoms with Crippen LogP contribution in [-0.4, -0.2) is 68.6 Å². The van der Waals surface area contributed by atoms with Gasteiger partial charge in [0, 0.05) is 61.0 Å². The second-order valence-electron chi connectivity index (χ2n) is 8.34. The summed E-state index contributed by atoms with van der Waals surface area (Å²) in [6.07, 6.45) is 1.79. The van der Waals surface area contributed by atoms with Gasteiger partial charge in [0.15, 0.2) is 0 Å². The average molecular weight is 476 g/mol. The van der Waals surface area contributed by atoms with Gasteiger partial charge in [0.1, 0.15) is 12.3 Å². The van der Waals surface area contributed by atoms with E-state index in [1.165, 1.54) is 12.1 Å². The summed E-state index contributed by atoms with van der Waals surface area (Å²) in [7, 11) is 1.62. The van der Waals surface area contributed by atoms with Crippen LogP contribution in [0.2, 0.25) is 0 Å². The number of nitro groups is 1. The Bertz CT molecular complexity index is 1350. The van der Waals surface area contributed by atoms with E-state index in [9.17, 15) is 14.9 Å². The molecule has 2 aromatic heterocycles. The fourth-order valence-corrected chi connectivity index (χ4v) is 4.21. The van der Waals surface area contributed by atoms with Crippen LogP contribution in [0.25, 0.3) is 22.3 Å². The number of non-ortho nitro benzene ring substituents is 1. The molecular weight excluding hydrogens is 452 g/mol. The number of carbonyl (C=O) groups is 1. The van der Waals surface area contributed by atoms with Crippen molar-refractivity contribution in [2.75, 3.05) is 33.3 Å². The molecule has 1 aliphatic heterocycles. The summed E-state index contributed by atoms with van der Waals surface area (Å²) in [6, 6.07) is 13.9. The monoisotopic (exact) mass is 476 g/mol. The third-order valence-corrected chi connectivity index (χ3v) is 6.17. The second kappa shape index (κ2) is 9.55. The summed E-state index contributed by atoms with van der Waals surface area (Å²) >= 11 is 0. The zero-order chi connectivity index (χ0) is 24.4. The Morgan fingerprint density at radius 2 is 1.89 bits per heavy atom. The molecule has 0 unspecified atom stereocenters. The molecule has 3 heterocycles. The topological polar surface area (TPSA) is 120 Å². The number of nitro benzene ring substituents is 1. The highest BCUT2D eigenvalue weighted by molar-refractivity contribution is 5.85. The molecular formula is C24H24N6O5. The van der Waals surface area contributed by atoms with Gasteiger partial charge in [0.25, 0.3) is 5.69 Å². The zero-order valence-corrected chi connectivity index (χ0v) is 19.2. The number of piperazine rings is 1. The summed E-state index contributed by atoms with van der Waals surface area (Å²) in [6.45, 7) is 3.31. The number of carbonyl (C=O) groups excluding carboxylic acids is 1. The molecule has 180 valence electrons. The van der Waals surface area contributed by atoms with E-state index in [-0.39, 0.29) is 18.1 Å². The lowest BCUT2D eigenvalue weighted by atomic mass is 10.2. The van der Waals surface area contributed by atoms with Gasteiger partial charge in [-0.1, -0.05) is 5.16 Å². The smallest absolute Gasteiger partial charge is 0.270 e. The van der Waals surface area contributed by atoms with E-state index in [2.05, 4.69) is 15.0 Å². The second-order valence-corrected chi connectivity index (χ2v) is 8.34. The van der Waals surface area contributed by atoms with Crippen molar-refractivity contribution in [1.29, 1.82) is 0 Å². The maximum atomic E-state index is 12.9. The summed E-state index contributed by atoms with van der Waals surface area (Å²) in [4.78, 5) is 32.0. The van der Waals surface area contributed by atoms with E-state index >= 15 is 0 Å². The predicted octanol–water partition coefficient (Wildman–Crippen LogP) is 2.95. The van der Waals surface area contributed by atoms with E-state index in [1.807, 2.05) is 33.7 Å². The minimum atomic E-state index is -0.421. The number of nitrogens with zero attached hydrogens (tertiary/aromatic N) is 6. The van der Waals surface area contributed by atoms with Crippen molar-refractivity contribution in [1.82, 2.24) is 24.5 Å². The van der Waals surface area contributed by atoms with Crippen LogP contribution in [0.3, 0.4) is 0 Å². The number of aromatic nitrogens is 3. The molecule has 0 saturated carbocycles. The molecule has 0 aliphatic carbocycles. The van der Waals surface area contributed by atoms with Crippen LogP contribution in [0.1, 0.15) is 5.89 Å². The highest BCUT2D eigenvalue weighted by atomic mass is 16.6. The zero-order valence-electron chi connectivity index (χ0n) is 19.2. The van der Waals surface area contributed by atoms with E-state index in [0.29, 0.717) is 44.4 Å². The van der Waals surface area contributed by atoms with E-state index in [0.717, 1.165) is 22.2 Å². The van der Waals surface area contributed by atoms with Crippen LogP contribution in [0.15, 0.2) is 59.3 Å². The van der Waals surface area contributed by atoms with Gasteiger partial charge in [-0.15, -0.1) is 0 Å². The summed E-state index contributed by atoms with van der Waals surface area (Å²) < 4.78 is 12.4. The molecule has 4 aromatic rings. The van der Waals surface area contributed by atoms with Gasteiger partial charge in [0.05, 0.1) is 18.6 Å². The largest absolute Gasteiger partial charge is 0.497 e. The van der Waals surface area contributed by atoms with Gasteiger partial charge in [-0.25, -0.2) is 0 Å². The number of methoxy groups -OCH3 is 1. The standard InChI is InChI=1S/C24H24N6O5/c1-34-20-5-2-17(3-6-20)24-25-22(35-26-24)15-27-10-12-28(13-11-27)23(31)16-29-9-8-18-14-19(30(32)33)4-7-21(18)29/h2-9,14H,10-13,15-16H2,1H3. The van der Waals surface area contributed by atoms with Crippen LogP contribution in [-0.2, 0) is 17.9 Å². The van der Waals surface area contributed by atoms with Crippen LogP contribution in [0, 0.1) is 10.1 Å². The van der Waals surface area contributed by atoms with Crippen molar-refractivity contribution < 1.29 is 19.0 Å². The lowest BCUT2D eigenvalue weighted by Crippen LogP contribution is -2.49. The highest BCUT2D eigenvalue weighted by Crippen LogP contribution is 2.23. The molecule has 5 rings (SSSR count). The van der Waals surface area contributed by atoms with E-state index in [4.69, 9.17) is 9.26 Å². The number of hydrogen-bond acceptors (Lipinski definition) is 8. The van der Waals surface area contributed by atoms with Gasteiger partial charge in [-0.2, -0.15) is 4.98 Å². The SMILES string of the molecule is COc1ccc(-c2noc(CN3CCN(C(=O)Cn4ccc5cc([N+](=O)[O-])ccc54)CC3)n2)cc1. The Hall–Kier alpha value is -4.25. The van der Waals surface area contributed by atoms with Gasteiger partial charge in [0.2, 0.25) is 17.6 Å². The Morgan fingerprint density at radius 3 is 2.60 bits per heavy atom. The van der Waals surface area contributed by atoms with Gasteiger partial charge < -0.3 is 18.7 Å². The Labute approximate surface area is 200 Å². The molecule has 0 bridgehead atoms. The van der Waals surface area contributed by atoms with E-state index in [1.54, 1.807) is 25.4 Å². The number of fused-ring (bicyclic) bond motifs is 1. The number of amides is 1. The maximum absolute atomic E-state index is 12.9. The molecule has 2 aromatic carbocycles. The van der Waals surface area contributed by atoms with Crippen molar-refractivity contribution in [3.05, 3.63) is 70.7 Å². The minimum absolute atomic E-state index is 0.0140. The molecule has 11 heteroatoms. The first kappa shape index (κ1) is 22.5. The number of hydrogen-bond donors (Lipinski definition) is 0. The van der Waals surface area contributed by atoms with Gasteiger partial charge >= 0.3 is 0 Å². The number of rotatable bonds is 7. The van der Waals surface area contributed by atoms with Gasteiger partial charge in [-0.05, 0) is 36.4 Å². The molecule has 35 heavy (non-hydrogen) atoms. The van der Waals surface area contributed by atoms with Crippen molar-refractivity contribution in [3.63, 3.8) is 0 Å². The molecule has 1 aliphatic rings. The average Bonchev–Trinajstić information content (AvgIpc) is 3.51. The van der Waals surface area contributed by atoms with Gasteiger partial charge in [-0.3, -0.25) is 19.8 Å². The molecule has 1 saturated heterocycles. The van der Waals surface area contributed by atoms with Crippen LogP contribution < -0.4 is 4.74 Å². The van der Waals surface area contributed by atoms with Crippen LogP contribution in [0.4, 0.5) is 5.69 Å². The molecule has 0 spiro atoms. The first-order valence-electron chi connectivity index (χ1n) is 11.2. The van der Waals surface area contributed by atoms with Crippen molar-refractivity contribution in [3.8, 4) is 17.1 Å².